The molecule has 2 amide bonds. The molecule has 0 aliphatic heterocycles. The Morgan fingerprint density at radius 3 is 1.50 bits per heavy atom. The lowest BCUT2D eigenvalue weighted by Gasteiger charge is -2.28. The zero-order valence-corrected chi connectivity index (χ0v) is 21.9. The van der Waals surface area contributed by atoms with Crippen LogP contribution in [-0.2, 0) is 9.59 Å². The Morgan fingerprint density at radius 1 is 0.694 bits per heavy atom. The van der Waals surface area contributed by atoms with Crippen LogP contribution >= 0.6 is 23.2 Å². The highest BCUT2D eigenvalue weighted by atomic mass is 35.5. The minimum absolute atomic E-state index is 0.0573. The van der Waals surface area contributed by atoms with Crippen LogP contribution in [0.5, 0.6) is 0 Å². The van der Waals surface area contributed by atoms with E-state index in [1.807, 2.05) is 31.3 Å². The number of pyridine rings is 2. The molecule has 0 fully saturated rings. The lowest BCUT2D eigenvalue weighted by molar-refractivity contribution is -0.117. The number of carbonyl (C=O) groups excluding carboxylic acids is 2. The Balaban J connectivity index is 1.47. The average Bonchev–Trinajstić information content (AvgIpc) is 2.83. The Morgan fingerprint density at radius 2 is 1.11 bits per heavy atom. The van der Waals surface area contributed by atoms with E-state index in [9.17, 15) is 9.59 Å². The fourth-order valence-electron chi connectivity index (χ4n) is 4.23. The first-order valence-corrected chi connectivity index (χ1v) is 12.3. The van der Waals surface area contributed by atoms with Crippen molar-refractivity contribution in [3.8, 4) is 0 Å². The number of aromatic nitrogens is 2. The zero-order chi connectivity index (χ0) is 25.8. The highest BCUT2D eigenvalue weighted by Crippen LogP contribution is 2.29. The first-order valence-electron chi connectivity index (χ1n) is 11.6. The minimum atomic E-state index is -0.0573. The van der Waals surface area contributed by atoms with E-state index in [-0.39, 0.29) is 11.8 Å². The molecule has 0 aliphatic rings. The monoisotopic (exact) mass is 523 g/mol. The number of rotatable bonds is 8. The lowest BCUT2D eigenvalue weighted by atomic mass is 10.1. The van der Waals surface area contributed by atoms with Crippen molar-refractivity contribution in [2.45, 2.75) is 13.8 Å². The van der Waals surface area contributed by atoms with Gasteiger partial charge in [0.2, 0.25) is 11.8 Å². The molecule has 7 nitrogen and oxygen atoms in total. The van der Waals surface area contributed by atoms with Gasteiger partial charge >= 0.3 is 0 Å². The number of carbonyl (C=O) groups is 2. The second-order valence-corrected chi connectivity index (χ2v) is 9.50. The Bertz CT molecular complexity index is 1320. The molecule has 0 aliphatic carbocycles. The molecule has 2 heterocycles. The summed E-state index contributed by atoms with van der Waals surface area (Å²) in [6.45, 7) is 5.33. The van der Waals surface area contributed by atoms with E-state index in [1.165, 1.54) is 0 Å². The van der Waals surface area contributed by atoms with E-state index < -0.39 is 0 Å². The Hall–Kier alpha value is -3.26. The van der Waals surface area contributed by atoms with Gasteiger partial charge < -0.3 is 14.7 Å². The van der Waals surface area contributed by atoms with Gasteiger partial charge in [-0.25, -0.2) is 0 Å². The van der Waals surface area contributed by atoms with Crippen molar-refractivity contribution in [2.24, 2.45) is 0 Å². The molecule has 0 unspecified atom stereocenters. The molecule has 186 valence electrons. The van der Waals surface area contributed by atoms with Gasteiger partial charge in [-0.2, -0.15) is 0 Å². The summed E-state index contributed by atoms with van der Waals surface area (Å²) in [5.41, 5.74) is 3.07. The van der Waals surface area contributed by atoms with Gasteiger partial charge in [0.05, 0.1) is 22.4 Å². The third-order valence-electron chi connectivity index (χ3n) is 6.12. The van der Waals surface area contributed by atoms with Crippen LogP contribution < -0.4 is 9.80 Å². The van der Waals surface area contributed by atoms with E-state index in [4.69, 9.17) is 23.2 Å². The summed E-state index contributed by atoms with van der Waals surface area (Å²) in [7, 11) is 1.98. The number of hydrogen-bond donors (Lipinski definition) is 0. The van der Waals surface area contributed by atoms with Crippen molar-refractivity contribution in [1.29, 1.82) is 0 Å². The molecule has 0 radical (unpaired) electrons. The van der Waals surface area contributed by atoms with Crippen LogP contribution in [0.4, 0.5) is 11.4 Å². The number of fused-ring (bicyclic) bond motifs is 2. The van der Waals surface area contributed by atoms with Crippen LogP contribution in [-0.4, -0.2) is 59.9 Å². The molecular weight excluding hydrogens is 497 g/mol. The minimum Gasteiger partial charge on any atom is -0.311 e. The predicted octanol–water partition coefficient (Wildman–Crippen LogP) is 5.43. The van der Waals surface area contributed by atoms with Gasteiger partial charge in [-0.1, -0.05) is 23.2 Å². The number of nitrogens with zero attached hydrogens (tertiary/aromatic N) is 5. The summed E-state index contributed by atoms with van der Waals surface area (Å²) >= 11 is 12.2. The van der Waals surface area contributed by atoms with Crippen LogP contribution in [0, 0.1) is 0 Å². The average molecular weight is 524 g/mol. The predicted molar refractivity (Wildman–Crippen MR) is 147 cm³/mol. The standard InChI is InChI=1S/C27H27Cl2N5O2/c1-18(35)33(26-8-10-30-24-16-20(28)4-6-22(24)26)14-12-32(3)13-15-34(19(2)36)27-9-11-31-25-17-21(29)5-7-23(25)27/h4-11,16-17H,12-15H2,1-3H3. The maximum Gasteiger partial charge on any atom is 0.223 e. The van der Waals surface area contributed by atoms with Crippen LogP contribution in [0.15, 0.2) is 60.9 Å². The number of likely N-dealkylation sites (N-methyl/N-ethyl adjacent to an activating group) is 1. The number of amides is 2. The summed E-state index contributed by atoms with van der Waals surface area (Å²) in [4.78, 5) is 39.5. The number of halogens is 2. The van der Waals surface area contributed by atoms with E-state index in [1.54, 1.807) is 60.3 Å². The smallest absolute Gasteiger partial charge is 0.223 e. The Labute approximate surface area is 220 Å². The molecule has 36 heavy (non-hydrogen) atoms. The van der Waals surface area contributed by atoms with Crippen molar-refractivity contribution < 1.29 is 9.59 Å². The summed E-state index contributed by atoms with van der Waals surface area (Å²) in [6.07, 6.45) is 3.37. The van der Waals surface area contributed by atoms with E-state index in [2.05, 4.69) is 14.9 Å². The van der Waals surface area contributed by atoms with Crippen molar-refractivity contribution in [3.05, 3.63) is 71.0 Å². The van der Waals surface area contributed by atoms with E-state index in [0.717, 1.165) is 33.2 Å². The highest BCUT2D eigenvalue weighted by molar-refractivity contribution is 6.31. The van der Waals surface area contributed by atoms with E-state index >= 15 is 0 Å². The van der Waals surface area contributed by atoms with Gasteiger partial charge in [-0.05, 0) is 55.6 Å². The molecule has 2 aromatic heterocycles. The molecule has 4 rings (SSSR count). The fourth-order valence-corrected chi connectivity index (χ4v) is 4.56. The molecule has 9 heteroatoms. The third kappa shape index (κ3) is 5.75. The van der Waals surface area contributed by atoms with Gasteiger partial charge in [0.1, 0.15) is 0 Å². The molecule has 0 saturated heterocycles. The second kappa shape index (κ2) is 11.2. The summed E-state index contributed by atoms with van der Waals surface area (Å²) in [6, 6.07) is 14.6. The van der Waals surface area contributed by atoms with Crippen molar-refractivity contribution in [3.63, 3.8) is 0 Å². The fraction of sp³-hybridized carbons (Fsp3) is 0.259. The van der Waals surface area contributed by atoms with Crippen LogP contribution in [0.1, 0.15) is 13.8 Å². The maximum atomic E-state index is 12.5. The first kappa shape index (κ1) is 25.8. The molecular formula is C27H27Cl2N5O2. The van der Waals surface area contributed by atoms with Crippen molar-refractivity contribution >= 4 is 68.2 Å². The highest BCUT2D eigenvalue weighted by Gasteiger charge is 2.18. The third-order valence-corrected chi connectivity index (χ3v) is 6.59. The molecule has 2 aromatic carbocycles. The van der Waals surface area contributed by atoms with Gasteiger partial charge in [-0.3, -0.25) is 19.6 Å². The zero-order valence-electron chi connectivity index (χ0n) is 20.4. The number of anilines is 2. The van der Waals surface area contributed by atoms with Gasteiger partial charge in [0.15, 0.2) is 0 Å². The molecule has 0 atom stereocenters. The molecule has 0 spiro atoms. The molecule has 0 N–H and O–H groups in total. The van der Waals surface area contributed by atoms with Gasteiger partial charge in [-0.15, -0.1) is 0 Å². The molecule has 4 aromatic rings. The topological polar surface area (TPSA) is 69.6 Å². The van der Waals surface area contributed by atoms with E-state index in [0.29, 0.717) is 36.2 Å². The van der Waals surface area contributed by atoms with Crippen LogP contribution in [0.3, 0.4) is 0 Å². The lowest BCUT2D eigenvalue weighted by Crippen LogP contribution is -2.40. The van der Waals surface area contributed by atoms with Crippen molar-refractivity contribution in [1.82, 2.24) is 14.9 Å². The van der Waals surface area contributed by atoms with Gasteiger partial charge in [0.25, 0.3) is 0 Å². The normalized spacial score (nSPS) is 11.3. The second-order valence-electron chi connectivity index (χ2n) is 8.63. The largest absolute Gasteiger partial charge is 0.311 e. The number of hydrogen-bond acceptors (Lipinski definition) is 5. The summed E-state index contributed by atoms with van der Waals surface area (Å²) < 4.78 is 0. The quantitative estimate of drug-likeness (QED) is 0.308. The summed E-state index contributed by atoms with van der Waals surface area (Å²) in [5.74, 6) is -0.115. The Kier molecular flexibility index (Phi) is 8.04. The number of benzene rings is 2. The molecule has 0 saturated carbocycles. The summed E-state index contributed by atoms with van der Waals surface area (Å²) in [5, 5.41) is 2.93. The maximum absolute atomic E-state index is 12.5. The van der Waals surface area contributed by atoms with Gasteiger partial charge in [0, 0.05) is 73.2 Å². The van der Waals surface area contributed by atoms with Crippen LogP contribution in [0.2, 0.25) is 10.0 Å². The molecule has 0 bridgehead atoms. The van der Waals surface area contributed by atoms with Crippen molar-refractivity contribution in [2.75, 3.05) is 43.0 Å². The van der Waals surface area contributed by atoms with Crippen LogP contribution in [0.25, 0.3) is 21.8 Å². The first-order chi connectivity index (χ1) is 17.2. The SMILES string of the molecule is CC(=O)N(CCN(C)CCN(C(C)=O)c1ccnc2cc(Cl)ccc12)c1ccnc2cc(Cl)ccc12.